The Kier molecular flexibility index (Phi) is 16.2. The SMILES string of the molecule is CC(C)(C)N1P2Nc3ccc(cc3)Oc3ccc(cc3)NP3N(C(C)(C)C)P(Nc4ccc(cc4)Oc4ccc(cc4)NP1N2C(C)(C)C)N3C(C)(C)C.Cc1ccccc1.Cc1ccccc1. The lowest BCUT2D eigenvalue weighted by atomic mass is 10.1. The third kappa shape index (κ3) is 13.1. The normalized spacial score (nSPS) is 20.1. The van der Waals surface area contributed by atoms with Crippen molar-refractivity contribution in [2.75, 3.05) is 20.3 Å². The Morgan fingerprint density at radius 1 is 0.294 bits per heavy atom. The highest BCUT2D eigenvalue weighted by molar-refractivity contribution is 7.84. The molecule has 6 aromatic rings. The third-order valence-electron chi connectivity index (χ3n) is 10.5. The first-order valence-electron chi connectivity index (χ1n) is 23.3. The molecule has 6 aromatic carbocycles. The van der Waals surface area contributed by atoms with E-state index in [9.17, 15) is 0 Å². The number of benzene rings is 6. The minimum absolute atomic E-state index is 0.0628. The minimum atomic E-state index is -0.838. The molecule has 0 radical (unpaired) electrons. The molecule has 0 unspecified atom stereocenters. The quantitative estimate of drug-likeness (QED) is 0.111. The van der Waals surface area contributed by atoms with E-state index in [0.29, 0.717) is 0 Å². The smallest absolute Gasteiger partial charge is 0.159 e. The van der Waals surface area contributed by atoms with Crippen molar-refractivity contribution in [3.05, 3.63) is 169 Å². The zero-order valence-corrected chi connectivity index (χ0v) is 46.0. The molecule has 14 heteroatoms. The molecule has 68 heavy (non-hydrogen) atoms. The Hall–Kier alpha value is -4.32. The van der Waals surface area contributed by atoms with Crippen molar-refractivity contribution < 1.29 is 9.47 Å². The van der Waals surface area contributed by atoms with Gasteiger partial charge in [0, 0.05) is 44.9 Å². The summed E-state index contributed by atoms with van der Waals surface area (Å²) in [7, 11) is -3.35. The van der Waals surface area contributed by atoms with Gasteiger partial charge in [-0.1, -0.05) is 71.8 Å². The summed E-state index contributed by atoms with van der Waals surface area (Å²) in [5, 5.41) is 15.6. The molecule has 0 aliphatic carbocycles. The molecule has 4 N–H and O–H groups in total. The maximum Gasteiger partial charge on any atom is 0.159 e. The van der Waals surface area contributed by atoms with Crippen molar-refractivity contribution >= 4 is 56.2 Å². The number of rotatable bonds is 0. The monoisotopic (exact) mass is 988 g/mol. The Morgan fingerprint density at radius 3 is 0.632 bits per heavy atom. The Bertz CT molecular complexity index is 2180. The van der Waals surface area contributed by atoms with Gasteiger partial charge in [0.1, 0.15) is 23.0 Å². The number of ether oxygens (including phenoxy) is 2. The van der Waals surface area contributed by atoms with Crippen molar-refractivity contribution in [2.24, 2.45) is 0 Å². The van der Waals surface area contributed by atoms with Crippen LogP contribution in [-0.4, -0.2) is 39.9 Å². The molecule has 18 heterocycles. The fourth-order valence-electron chi connectivity index (χ4n) is 7.42. The lowest BCUT2D eigenvalue weighted by Crippen LogP contribution is -2.55. The molecule has 0 spiro atoms. The summed E-state index contributed by atoms with van der Waals surface area (Å²) in [4.78, 5) is 0. The number of hydrogen-bond donors (Lipinski definition) is 4. The summed E-state index contributed by atoms with van der Waals surface area (Å²) in [5.74, 6) is 3.22. The van der Waals surface area contributed by atoms with E-state index in [1.807, 2.05) is 36.4 Å². The van der Waals surface area contributed by atoms with Gasteiger partial charge in [0.15, 0.2) is 33.5 Å². The highest BCUT2D eigenvalue weighted by Gasteiger charge is 2.58. The first kappa shape index (κ1) is 51.5. The zero-order chi connectivity index (χ0) is 49.0. The average molecular weight is 989 g/mol. The van der Waals surface area contributed by atoms with Crippen LogP contribution < -0.4 is 29.8 Å². The average Bonchev–Trinajstić information content (AvgIpc) is 3.24. The van der Waals surface area contributed by atoms with E-state index in [-0.39, 0.29) is 22.2 Å². The van der Waals surface area contributed by atoms with E-state index < -0.39 is 33.5 Å². The van der Waals surface area contributed by atoms with Gasteiger partial charge in [0.2, 0.25) is 0 Å². The van der Waals surface area contributed by atoms with Crippen LogP contribution in [0.15, 0.2) is 158 Å². The zero-order valence-electron chi connectivity index (χ0n) is 42.4. The summed E-state index contributed by atoms with van der Waals surface area (Å²) in [6, 6.07) is 53.9. The first-order chi connectivity index (χ1) is 32.0. The lowest BCUT2D eigenvalue weighted by molar-refractivity contribution is 0.285. The third-order valence-corrected chi connectivity index (χ3v) is 24.1. The van der Waals surface area contributed by atoms with Crippen LogP contribution in [0.5, 0.6) is 23.0 Å². The summed E-state index contributed by atoms with van der Waals surface area (Å²) in [5.41, 5.74) is 6.66. The number of hydrogen-bond acceptors (Lipinski definition) is 10. The van der Waals surface area contributed by atoms with Crippen molar-refractivity contribution in [3.63, 3.8) is 0 Å². The molecular weight excluding hydrogens is 917 g/mol. The number of aryl methyl sites for hydroxylation is 2. The highest BCUT2D eigenvalue weighted by atomic mass is 31.3. The molecule has 0 atom stereocenters. The Balaban J connectivity index is 0.000000418. The Labute approximate surface area is 412 Å². The van der Waals surface area contributed by atoms with E-state index >= 15 is 0 Å². The van der Waals surface area contributed by atoms with Crippen LogP contribution in [0.3, 0.4) is 0 Å². The highest BCUT2D eigenvalue weighted by Crippen LogP contribution is 2.81. The van der Waals surface area contributed by atoms with Gasteiger partial charge in [-0.3, -0.25) is 0 Å². The topological polar surface area (TPSA) is 79.5 Å². The van der Waals surface area contributed by atoms with E-state index in [1.54, 1.807) is 0 Å². The molecule has 0 saturated carbocycles. The van der Waals surface area contributed by atoms with E-state index in [4.69, 9.17) is 9.47 Å². The van der Waals surface area contributed by atoms with Crippen LogP contribution in [0.25, 0.3) is 0 Å². The molecule has 360 valence electrons. The van der Waals surface area contributed by atoms with Gasteiger partial charge in [0.25, 0.3) is 0 Å². The van der Waals surface area contributed by atoms with Crippen LogP contribution >= 0.6 is 33.5 Å². The maximum absolute atomic E-state index is 6.35. The van der Waals surface area contributed by atoms with Crippen LogP contribution in [0.1, 0.15) is 94.2 Å². The summed E-state index contributed by atoms with van der Waals surface area (Å²) in [6.45, 7) is 31.7. The molecule has 0 amide bonds. The van der Waals surface area contributed by atoms with Gasteiger partial charge in [0.05, 0.1) is 0 Å². The maximum atomic E-state index is 6.35. The van der Waals surface area contributed by atoms with Crippen molar-refractivity contribution in [2.45, 2.75) is 119 Å². The van der Waals surface area contributed by atoms with E-state index in [1.165, 1.54) is 11.1 Å². The van der Waals surface area contributed by atoms with Gasteiger partial charge in [-0.2, -0.15) is 17.8 Å². The van der Waals surface area contributed by atoms with E-state index in [2.05, 4.69) is 256 Å². The lowest BCUT2D eigenvalue weighted by Gasteiger charge is -2.64. The predicted molar refractivity (Wildman–Crippen MR) is 297 cm³/mol. The van der Waals surface area contributed by atoms with Gasteiger partial charge in [-0.15, -0.1) is 0 Å². The van der Waals surface area contributed by atoms with Crippen LogP contribution in [0.4, 0.5) is 22.7 Å². The predicted octanol–water partition coefficient (Wildman–Crippen LogP) is 18.0. The fourth-order valence-corrected chi connectivity index (χ4v) is 19.4. The van der Waals surface area contributed by atoms with Crippen molar-refractivity contribution in [1.82, 2.24) is 17.8 Å². The standard InChI is InChI=1S/C40H56N8O2P4.2C7H8/c1-37(2,3)45-51-41-29-13-21-33(22-14-29)49-35-25-17-31(18-26-35)43-53-47(39(7,8)9)54(48(53)40(10,11)12)44-32-19-27-36(28-20-32)50-34-23-15-30(16-24-34)42-52(45)46(51)38(4,5)6;2*1-7-5-3-2-4-6-7/h13-28,41-44H,1-12H3;2*2-6H,1H3. The summed E-state index contributed by atoms with van der Waals surface area (Å²) in [6.07, 6.45) is 0. The minimum Gasteiger partial charge on any atom is -0.457 e. The fraction of sp³-hybridized carbons (Fsp3) is 0.333. The largest absolute Gasteiger partial charge is 0.457 e. The molecule has 24 rings (SSSR count). The second-order valence-electron chi connectivity index (χ2n) is 21.1. The van der Waals surface area contributed by atoms with Crippen LogP contribution in [-0.2, 0) is 0 Å². The molecule has 2 fully saturated rings. The number of nitrogens with zero attached hydrogens (tertiary/aromatic N) is 4. The van der Waals surface area contributed by atoms with E-state index in [0.717, 1.165) is 45.7 Å². The van der Waals surface area contributed by atoms with Gasteiger partial charge < -0.3 is 29.8 Å². The van der Waals surface area contributed by atoms with Crippen molar-refractivity contribution in [3.8, 4) is 23.0 Å². The molecule has 2 saturated heterocycles. The molecule has 0 aromatic heterocycles. The van der Waals surface area contributed by atoms with Crippen LogP contribution in [0.2, 0.25) is 0 Å². The van der Waals surface area contributed by atoms with Gasteiger partial charge in [-0.05, 0) is 194 Å². The second-order valence-corrected chi connectivity index (χ2v) is 28.7. The van der Waals surface area contributed by atoms with Gasteiger partial charge in [-0.25, -0.2) is 0 Å². The summed E-state index contributed by atoms with van der Waals surface area (Å²) < 4.78 is 23.2. The Morgan fingerprint density at radius 2 is 0.485 bits per heavy atom. The first-order valence-corrected chi connectivity index (χ1v) is 28.3. The van der Waals surface area contributed by atoms with Crippen LogP contribution in [0, 0.1) is 13.8 Å². The molecule has 10 nitrogen and oxygen atoms in total. The molecule has 18 aliphatic heterocycles. The second kappa shape index (κ2) is 21.4. The number of nitrogens with one attached hydrogen (secondary N) is 4. The summed E-state index contributed by atoms with van der Waals surface area (Å²) >= 11 is 0. The molecular formula is C54H72N8O2P4. The molecule has 18 aliphatic rings. The van der Waals surface area contributed by atoms with Gasteiger partial charge >= 0.3 is 0 Å². The van der Waals surface area contributed by atoms with Crippen molar-refractivity contribution in [1.29, 1.82) is 0 Å². The molecule has 12 bridgehead atoms. The number of anilines is 4.